The van der Waals surface area contributed by atoms with Crippen molar-refractivity contribution in [2.45, 2.75) is 113 Å². The van der Waals surface area contributed by atoms with Crippen molar-refractivity contribution in [2.24, 2.45) is 22.2 Å². The zero-order valence-electron chi connectivity index (χ0n) is 33.6. The Morgan fingerprint density at radius 3 is 2.23 bits per heavy atom. The molecule has 8 nitrogen and oxygen atoms in total. The number of hydrogen-bond acceptors (Lipinski definition) is 7. The summed E-state index contributed by atoms with van der Waals surface area (Å²) in [5.41, 5.74) is 8.36. The number of carbonyl (C=O) groups excluding carboxylic acids is 2. The summed E-state index contributed by atoms with van der Waals surface area (Å²) in [6.45, 7) is 27.8. The SMILES string of the molecule is C=CN(C)C(=N)c1c(C)nc2c(c1C/C=C\C=NC)C(=O)CC(C)C2.C=COC(=N)/C(C(=C)C)=C(/C1=C(C)CC(C)(C)CC1=O)C1CCC1.CCC. The third-order valence-corrected chi connectivity index (χ3v) is 9.46. The quantitative estimate of drug-likeness (QED) is 0.108. The van der Waals surface area contributed by atoms with E-state index in [1.807, 2.05) is 26.0 Å². The summed E-state index contributed by atoms with van der Waals surface area (Å²) in [4.78, 5) is 36.0. The molecule has 1 saturated carbocycles. The Hall–Kier alpha value is -4.46. The molecular formula is C44H63N5O3. The van der Waals surface area contributed by atoms with E-state index in [0.717, 1.165) is 70.5 Å². The predicted molar refractivity (Wildman–Crippen MR) is 218 cm³/mol. The molecule has 3 aliphatic rings. The van der Waals surface area contributed by atoms with Gasteiger partial charge in [0.15, 0.2) is 11.6 Å². The van der Waals surface area contributed by atoms with Crippen molar-refractivity contribution in [1.29, 1.82) is 10.8 Å². The van der Waals surface area contributed by atoms with E-state index < -0.39 is 0 Å². The maximum Gasteiger partial charge on any atom is 0.218 e. The zero-order chi connectivity index (χ0) is 39.3. The number of aryl methyl sites for hydroxylation is 1. The van der Waals surface area contributed by atoms with Crippen LogP contribution < -0.4 is 0 Å². The number of fused-ring (bicyclic) bond motifs is 1. The molecule has 8 heteroatoms. The highest BCUT2D eigenvalue weighted by molar-refractivity contribution is 6.07. The van der Waals surface area contributed by atoms with Gasteiger partial charge in [-0.15, -0.1) is 0 Å². The number of ether oxygens (including phenoxy) is 1. The highest BCUT2D eigenvalue weighted by Crippen LogP contribution is 2.46. The number of pyridine rings is 1. The second-order valence-electron chi connectivity index (χ2n) is 15.1. The molecule has 1 unspecified atom stereocenters. The van der Waals surface area contributed by atoms with Crippen LogP contribution in [0.15, 0.2) is 77.2 Å². The number of hydrogen-bond donors (Lipinski definition) is 2. The lowest BCUT2D eigenvalue weighted by atomic mass is 9.66. The van der Waals surface area contributed by atoms with E-state index in [-0.39, 0.29) is 22.9 Å². The highest BCUT2D eigenvalue weighted by atomic mass is 16.5. The normalized spacial score (nSPS) is 18.6. The van der Waals surface area contributed by atoms with Crippen LogP contribution in [0.1, 0.15) is 126 Å². The van der Waals surface area contributed by atoms with E-state index in [1.54, 1.807) is 31.4 Å². The molecular weight excluding hydrogens is 647 g/mol. The molecule has 3 aliphatic carbocycles. The first kappa shape index (κ1) is 43.7. The molecule has 52 heavy (non-hydrogen) atoms. The monoisotopic (exact) mass is 709 g/mol. The molecule has 1 aromatic heterocycles. The molecule has 0 radical (unpaired) electrons. The van der Waals surface area contributed by atoms with Crippen LogP contribution in [0.25, 0.3) is 0 Å². The van der Waals surface area contributed by atoms with Crippen LogP contribution in [0.4, 0.5) is 0 Å². The van der Waals surface area contributed by atoms with Crippen molar-refractivity contribution in [2.75, 3.05) is 14.1 Å². The molecule has 0 spiro atoms. The van der Waals surface area contributed by atoms with Crippen LogP contribution in [-0.2, 0) is 22.4 Å². The van der Waals surface area contributed by atoms with Crippen LogP contribution in [-0.4, -0.2) is 53.5 Å². The molecule has 1 atom stereocenters. The van der Waals surface area contributed by atoms with Crippen LogP contribution in [0.2, 0.25) is 0 Å². The van der Waals surface area contributed by atoms with Gasteiger partial charge in [-0.2, -0.15) is 0 Å². The number of rotatable bonds is 10. The summed E-state index contributed by atoms with van der Waals surface area (Å²) in [6.07, 6.45) is 16.3. The summed E-state index contributed by atoms with van der Waals surface area (Å²) in [5.74, 6) is 1.29. The highest BCUT2D eigenvalue weighted by Gasteiger charge is 2.38. The van der Waals surface area contributed by atoms with E-state index in [4.69, 9.17) is 15.6 Å². The van der Waals surface area contributed by atoms with E-state index in [1.165, 1.54) is 19.1 Å². The van der Waals surface area contributed by atoms with E-state index in [2.05, 4.69) is 71.3 Å². The third-order valence-electron chi connectivity index (χ3n) is 9.46. The van der Waals surface area contributed by atoms with E-state index >= 15 is 0 Å². The number of Topliss-reactive ketones (excluding diaryl/α,β-unsaturated/α-hetero) is 2. The van der Waals surface area contributed by atoms with Crippen LogP contribution in [0, 0.1) is 35.0 Å². The fourth-order valence-electron chi connectivity index (χ4n) is 7.18. The lowest BCUT2D eigenvalue weighted by Crippen LogP contribution is -2.30. The van der Waals surface area contributed by atoms with Gasteiger partial charge in [-0.1, -0.05) is 78.8 Å². The Balaban J connectivity index is 0.000000335. The maximum absolute atomic E-state index is 13.0. The molecule has 0 aromatic carbocycles. The van der Waals surface area contributed by atoms with E-state index in [9.17, 15) is 9.59 Å². The molecule has 1 heterocycles. The molecule has 2 N–H and O–H groups in total. The Kier molecular flexibility index (Phi) is 16.8. The number of aromatic nitrogens is 1. The molecule has 4 rings (SSSR count). The van der Waals surface area contributed by atoms with Crippen molar-refractivity contribution in [3.63, 3.8) is 0 Å². The Labute approximate surface area is 313 Å². The Morgan fingerprint density at radius 2 is 1.73 bits per heavy atom. The number of aliphatic imine (C=N–C) groups is 1. The van der Waals surface area contributed by atoms with Crippen LogP contribution in [0.3, 0.4) is 0 Å². The van der Waals surface area contributed by atoms with Gasteiger partial charge in [0.05, 0.1) is 12.0 Å². The van der Waals surface area contributed by atoms with Gasteiger partial charge in [-0.3, -0.25) is 30.4 Å². The fraction of sp³-hybridized carbons (Fsp3) is 0.500. The van der Waals surface area contributed by atoms with E-state index in [0.29, 0.717) is 48.1 Å². The van der Waals surface area contributed by atoms with Crippen LogP contribution >= 0.6 is 0 Å². The number of carbonyl (C=O) groups is 2. The number of ketones is 2. The lowest BCUT2D eigenvalue weighted by Gasteiger charge is -2.37. The van der Waals surface area contributed by atoms with Crippen molar-refractivity contribution < 1.29 is 14.3 Å². The van der Waals surface area contributed by atoms with Gasteiger partial charge in [0.1, 0.15) is 5.84 Å². The zero-order valence-corrected chi connectivity index (χ0v) is 33.6. The standard InChI is InChI=1S/C21H29NO2.C20H26N4O.C3H8/c1-7-24-20(22)17(13(2)3)19(15-9-8-10-15)18-14(4)11-21(5,6)12-16(18)23;1-6-24(5)20(21)18-14(3)23-16-11-13(2)12-17(25)19(16)15(18)9-7-8-10-22-4;1-3-2/h7,15,22H,1-2,8-12H2,3-6H3;6-8,10,13,21H,1,9,11-12H2,2-5H3;3H2,1-2H3/b19-17+,22-20?;8-7-,21-20?,22-10?;. The van der Waals surface area contributed by atoms with Crippen molar-refractivity contribution >= 4 is 29.5 Å². The molecule has 0 amide bonds. The molecule has 1 aromatic rings. The maximum atomic E-state index is 13.0. The molecule has 1 fully saturated rings. The average Bonchev–Trinajstić information content (AvgIpc) is 3.00. The molecule has 282 valence electrons. The number of nitrogens with zero attached hydrogens (tertiary/aromatic N) is 3. The Bertz CT molecular complexity index is 1680. The molecule has 0 bridgehead atoms. The number of allylic oxidation sites excluding steroid dienone is 5. The first-order chi connectivity index (χ1) is 24.5. The van der Waals surface area contributed by atoms with Gasteiger partial charge in [-0.25, -0.2) is 0 Å². The minimum absolute atomic E-state index is 0.00387. The number of nitrogens with one attached hydrogen (secondary N) is 2. The summed E-state index contributed by atoms with van der Waals surface area (Å²) in [5, 5.41) is 16.8. The lowest BCUT2D eigenvalue weighted by molar-refractivity contribution is -0.117. The fourth-order valence-corrected chi connectivity index (χ4v) is 7.18. The summed E-state index contributed by atoms with van der Waals surface area (Å²) < 4.78 is 5.26. The van der Waals surface area contributed by atoms with Gasteiger partial charge >= 0.3 is 0 Å². The second-order valence-corrected chi connectivity index (χ2v) is 15.1. The van der Waals surface area contributed by atoms with Crippen molar-refractivity contribution in [3.05, 3.63) is 100 Å². The molecule has 0 aliphatic heterocycles. The topological polar surface area (TPSA) is 120 Å². The smallest absolute Gasteiger partial charge is 0.218 e. The summed E-state index contributed by atoms with van der Waals surface area (Å²) in [6, 6.07) is 0. The van der Waals surface area contributed by atoms with Gasteiger partial charge in [0.25, 0.3) is 0 Å². The predicted octanol–water partition coefficient (Wildman–Crippen LogP) is 10.3. The first-order valence-corrected chi connectivity index (χ1v) is 18.6. The Morgan fingerprint density at radius 1 is 1.10 bits per heavy atom. The van der Waals surface area contributed by atoms with Crippen molar-refractivity contribution in [1.82, 2.24) is 9.88 Å². The largest absolute Gasteiger partial charge is 0.447 e. The van der Waals surface area contributed by atoms with Gasteiger partial charge in [0, 0.05) is 61.1 Å². The summed E-state index contributed by atoms with van der Waals surface area (Å²) >= 11 is 0. The number of amidine groups is 1. The average molecular weight is 710 g/mol. The minimum Gasteiger partial charge on any atom is -0.447 e. The van der Waals surface area contributed by atoms with Crippen molar-refractivity contribution in [3.8, 4) is 0 Å². The first-order valence-electron chi connectivity index (χ1n) is 18.6. The van der Waals surface area contributed by atoms with Crippen LogP contribution in [0.5, 0.6) is 0 Å². The molecule has 0 saturated heterocycles. The van der Waals surface area contributed by atoms with Gasteiger partial charge < -0.3 is 9.64 Å². The minimum atomic E-state index is 0.00387. The summed E-state index contributed by atoms with van der Waals surface area (Å²) in [7, 11) is 3.50. The van der Waals surface area contributed by atoms with Gasteiger partial charge in [0.2, 0.25) is 5.90 Å². The third kappa shape index (κ3) is 11.0. The van der Waals surface area contributed by atoms with Gasteiger partial charge in [-0.05, 0) is 99.1 Å². The second kappa shape index (κ2) is 20.0.